The van der Waals surface area contributed by atoms with Gasteiger partial charge in [0, 0.05) is 35.4 Å². The van der Waals surface area contributed by atoms with Gasteiger partial charge in [-0.15, -0.1) is 0 Å². The lowest BCUT2D eigenvalue weighted by molar-refractivity contribution is 0.331. The highest BCUT2D eigenvalue weighted by Crippen LogP contribution is 2.28. The first-order valence-electron chi connectivity index (χ1n) is 9.38. The van der Waals surface area contributed by atoms with E-state index in [1.165, 1.54) is 23.3 Å². The van der Waals surface area contributed by atoms with Gasteiger partial charge in [0.25, 0.3) is 0 Å². The van der Waals surface area contributed by atoms with E-state index >= 15 is 0 Å². The topological polar surface area (TPSA) is 8.17 Å². The van der Waals surface area contributed by atoms with E-state index in [0.717, 1.165) is 41.1 Å². The molecule has 28 heavy (non-hydrogen) atoms. The Morgan fingerprint density at radius 3 is 2.46 bits per heavy atom. The summed E-state index contributed by atoms with van der Waals surface area (Å²) >= 11 is 6.27. The second-order valence-electron chi connectivity index (χ2n) is 7.14. The molecule has 0 atom stereocenters. The second-order valence-corrected chi connectivity index (χ2v) is 7.57. The zero-order valence-corrected chi connectivity index (χ0v) is 16.5. The molecule has 0 N–H and O–H groups in total. The number of halogens is 2. The smallest absolute Gasteiger partial charge is 0.123 e. The Bertz CT molecular complexity index is 1070. The lowest BCUT2D eigenvalue weighted by Crippen LogP contribution is -2.20. The number of hydrogen-bond donors (Lipinski definition) is 0. The van der Waals surface area contributed by atoms with E-state index in [1.54, 1.807) is 12.1 Å². The highest BCUT2D eigenvalue weighted by molar-refractivity contribution is 6.31. The molecule has 0 aliphatic carbocycles. The summed E-state index contributed by atoms with van der Waals surface area (Å²) in [5, 5.41) is 1.87. The molecule has 2 nitrogen and oxygen atoms in total. The lowest BCUT2D eigenvalue weighted by Gasteiger charge is -2.16. The van der Waals surface area contributed by atoms with Crippen LogP contribution < -0.4 is 0 Å². The van der Waals surface area contributed by atoms with Crippen LogP contribution in [0.4, 0.5) is 4.39 Å². The van der Waals surface area contributed by atoms with E-state index in [4.69, 9.17) is 11.6 Å². The van der Waals surface area contributed by atoms with E-state index < -0.39 is 0 Å². The van der Waals surface area contributed by atoms with Gasteiger partial charge in [0.15, 0.2) is 0 Å². The lowest BCUT2D eigenvalue weighted by atomic mass is 10.1. The van der Waals surface area contributed by atoms with Gasteiger partial charge < -0.3 is 9.47 Å². The Labute approximate surface area is 169 Å². The summed E-state index contributed by atoms with van der Waals surface area (Å²) in [5.74, 6) is -0.231. The van der Waals surface area contributed by atoms with Crippen molar-refractivity contribution >= 4 is 22.5 Å². The van der Waals surface area contributed by atoms with Crippen LogP contribution in [0.1, 0.15) is 11.1 Å². The third kappa shape index (κ3) is 4.11. The van der Waals surface area contributed by atoms with Gasteiger partial charge in [-0.05, 0) is 67.1 Å². The van der Waals surface area contributed by atoms with Gasteiger partial charge in [-0.2, -0.15) is 0 Å². The van der Waals surface area contributed by atoms with Crippen LogP contribution in [0, 0.1) is 5.82 Å². The Morgan fingerprint density at radius 2 is 1.71 bits per heavy atom. The summed E-state index contributed by atoms with van der Waals surface area (Å²) < 4.78 is 15.4. The predicted molar refractivity (Wildman–Crippen MR) is 115 cm³/mol. The fraction of sp³-hybridized carbons (Fsp3) is 0.167. The molecule has 0 aliphatic heterocycles. The number of nitrogens with zero attached hydrogens (tertiary/aromatic N) is 2. The molecule has 4 aromatic rings. The van der Waals surface area contributed by atoms with E-state index in [2.05, 4.69) is 47.0 Å². The van der Waals surface area contributed by atoms with Crippen molar-refractivity contribution in [1.82, 2.24) is 9.47 Å². The normalized spacial score (nSPS) is 11.4. The summed E-state index contributed by atoms with van der Waals surface area (Å²) in [6.07, 6.45) is 3.05. The number of hydrogen-bond acceptors (Lipinski definition) is 1. The summed E-state index contributed by atoms with van der Waals surface area (Å²) in [7, 11) is 2.14. The fourth-order valence-corrected chi connectivity index (χ4v) is 3.74. The van der Waals surface area contributed by atoms with Crippen LogP contribution in [0.3, 0.4) is 0 Å². The monoisotopic (exact) mass is 392 g/mol. The standard InChI is InChI=1S/C24H22ClFN2/c1-27(16-18-5-3-2-4-6-18)14-13-19-17-28(22-10-8-21(26)9-11-22)24-12-7-20(25)15-23(19)24/h2-12,15,17H,13-14,16H2,1H3. The molecular weight excluding hydrogens is 371 g/mol. The first kappa shape index (κ1) is 18.7. The molecular formula is C24H22ClFN2. The largest absolute Gasteiger partial charge is 0.316 e. The Kier molecular flexibility index (Phi) is 5.47. The van der Waals surface area contributed by atoms with E-state index in [0.29, 0.717) is 0 Å². The number of aromatic nitrogens is 1. The molecule has 0 aliphatic rings. The molecule has 1 aromatic heterocycles. The SMILES string of the molecule is CN(CCc1cn(-c2ccc(F)cc2)c2ccc(Cl)cc12)Cc1ccccc1. The van der Waals surface area contributed by atoms with Crippen LogP contribution in [0.5, 0.6) is 0 Å². The van der Waals surface area contributed by atoms with Crippen molar-refractivity contribution in [3.8, 4) is 5.69 Å². The van der Waals surface area contributed by atoms with Gasteiger partial charge in [0.05, 0.1) is 5.52 Å². The summed E-state index contributed by atoms with van der Waals surface area (Å²) in [6, 6.07) is 23.0. The number of rotatable bonds is 6. The van der Waals surface area contributed by atoms with E-state index in [1.807, 2.05) is 24.3 Å². The van der Waals surface area contributed by atoms with Gasteiger partial charge in [-0.25, -0.2) is 4.39 Å². The minimum atomic E-state index is -0.231. The van der Waals surface area contributed by atoms with Crippen molar-refractivity contribution in [3.05, 3.63) is 101 Å². The predicted octanol–water partition coefficient (Wildman–Crippen LogP) is 6.10. The zero-order valence-electron chi connectivity index (χ0n) is 15.8. The molecule has 0 fully saturated rings. The van der Waals surface area contributed by atoms with Crippen LogP contribution in [0.2, 0.25) is 5.02 Å². The first-order valence-corrected chi connectivity index (χ1v) is 9.76. The fourth-order valence-electron chi connectivity index (χ4n) is 3.57. The molecule has 3 aromatic carbocycles. The van der Waals surface area contributed by atoms with Gasteiger partial charge in [0.1, 0.15) is 5.82 Å². The number of fused-ring (bicyclic) bond motifs is 1. The molecule has 0 spiro atoms. The zero-order chi connectivity index (χ0) is 19.5. The molecule has 0 saturated carbocycles. The molecule has 0 amide bonds. The Morgan fingerprint density at radius 1 is 0.964 bits per heavy atom. The number of likely N-dealkylation sites (N-methyl/N-ethyl adjacent to an activating group) is 1. The highest BCUT2D eigenvalue weighted by atomic mass is 35.5. The minimum absolute atomic E-state index is 0.231. The first-order chi connectivity index (χ1) is 13.6. The van der Waals surface area contributed by atoms with Crippen molar-refractivity contribution in [2.45, 2.75) is 13.0 Å². The van der Waals surface area contributed by atoms with Crippen LogP contribution in [-0.4, -0.2) is 23.1 Å². The maximum atomic E-state index is 13.3. The van der Waals surface area contributed by atoms with Gasteiger partial charge >= 0.3 is 0 Å². The summed E-state index contributed by atoms with van der Waals surface area (Å²) in [4.78, 5) is 2.32. The van der Waals surface area contributed by atoms with Gasteiger partial charge in [0.2, 0.25) is 0 Å². The molecule has 0 saturated heterocycles. The molecule has 142 valence electrons. The molecule has 0 bridgehead atoms. The molecule has 1 heterocycles. The summed E-state index contributed by atoms with van der Waals surface area (Å²) in [6.45, 7) is 1.85. The number of benzene rings is 3. The molecule has 4 heteroatoms. The quantitative estimate of drug-likeness (QED) is 0.385. The van der Waals surface area contributed by atoms with Crippen molar-refractivity contribution in [2.75, 3.05) is 13.6 Å². The van der Waals surface area contributed by atoms with Crippen LogP contribution in [-0.2, 0) is 13.0 Å². The van der Waals surface area contributed by atoms with Crippen LogP contribution in [0.15, 0.2) is 79.0 Å². The van der Waals surface area contributed by atoms with Crippen molar-refractivity contribution < 1.29 is 4.39 Å². The average Bonchev–Trinajstić information content (AvgIpc) is 3.05. The molecule has 4 rings (SSSR count). The Balaban J connectivity index is 1.59. The van der Waals surface area contributed by atoms with E-state index in [9.17, 15) is 4.39 Å². The highest BCUT2D eigenvalue weighted by Gasteiger charge is 2.12. The average molecular weight is 393 g/mol. The van der Waals surface area contributed by atoms with Gasteiger partial charge in [-0.1, -0.05) is 41.9 Å². The molecule has 0 radical (unpaired) electrons. The van der Waals surface area contributed by atoms with Crippen molar-refractivity contribution in [1.29, 1.82) is 0 Å². The maximum Gasteiger partial charge on any atom is 0.123 e. The third-order valence-electron chi connectivity index (χ3n) is 5.01. The minimum Gasteiger partial charge on any atom is -0.316 e. The van der Waals surface area contributed by atoms with Crippen LogP contribution >= 0.6 is 11.6 Å². The van der Waals surface area contributed by atoms with Gasteiger partial charge in [-0.3, -0.25) is 0 Å². The summed E-state index contributed by atoms with van der Waals surface area (Å²) in [5.41, 5.74) is 4.57. The maximum absolute atomic E-state index is 13.3. The van der Waals surface area contributed by atoms with Crippen molar-refractivity contribution in [2.24, 2.45) is 0 Å². The second kappa shape index (κ2) is 8.17. The van der Waals surface area contributed by atoms with Crippen LogP contribution in [0.25, 0.3) is 16.6 Å². The van der Waals surface area contributed by atoms with Crippen molar-refractivity contribution in [3.63, 3.8) is 0 Å². The van der Waals surface area contributed by atoms with E-state index in [-0.39, 0.29) is 5.82 Å². The third-order valence-corrected chi connectivity index (χ3v) is 5.25. The molecule has 0 unspecified atom stereocenters. The Hall–Kier alpha value is -2.62.